The van der Waals surface area contributed by atoms with Gasteiger partial charge in [-0.2, -0.15) is 0 Å². The number of hydrogen-bond acceptors (Lipinski definition) is 5. The minimum atomic E-state index is -0.880. The Morgan fingerprint density at radius 2 is 1.81 bits per heavy atom. The number of urea groups is 1. The summed E-state index contributed by atoms with van der Waals surface area (Å²) >= 11 is 0. The van der Waals surface area contributed by atoms with Gasteiger partial charge in [0, 0.05) is 18.6 Å². The van der Waals surface area contributed by atoms with Crippen molar-refractivity contribution in [1.29, 1.82) is 0 Å². The summed E-state index contributed by atoms with van der Waals surface area (Å²) in [5, 5.41) is 10.5. The quantitative estimate of drug-likeness (QED) is 0.429. The second-order valence-electron chi connectivity index (χ2n) is 9.19. The molecule has 9 nitrogen and oxygen atoms in total. The van der Waals surface area contributed by atoms with Gasteiger partial charge in [0.15, 0.2) is 0 Å². The second kappa shape index (κ2) is 7.55. The topological polar surface area (TPSA) is 120 Å². The third-order valence-corrected chi connectivity index (χ3v) is 7.27. The molecule has 31 heavy (non-hydrogen) atoms. The first-order valence-corrected chi connectivity index (χ1v) is 11.0. The van der Waals surface area contributed by atoms with Crippen molar-refractivity contribution >= 4 is 35.1 Å². The first-order chi connectivity index (χ1) is 14.9. The molecule has 4 fully saturated rings. The van der Waals surface area contributed by atoms with Crippen LogP contribution in [0.5, 0.6) is 0 Å². The van der Waals surface area contributed by atoms with Crippen molar-refractivity contribution < 1.29 is 19.2 Å². The summed E-state index contributed by atoms with van der Waals surface area (Å²) in [5.41, 5.74) is 0.746. The van der Waals surface area contributed by atoms with E-state index in [0.29, 0.717) is 37.4 Å². The van der Waals surface area contributed by atoms with E-state index in [2.05, 4.69) is 26.2 Å². The zero-order valence-corrected chi connectivity index (χ0v) is 17.3. The molecule has 0 radical (unpaired) electrons. The number of nitrogens with zero attached hydrogens (tertiary/aromatic N) is 1. The molecule has 164 valence electrons. The van der Waals surface area contributed by atoms with Crippen LogP contribution in [0, 0.1) is 5.92 Å². The minimum absolute atomic E-state index is 0.210. The second-order valence-corrected chi connectivity index (χ2v) is 9.19. The summed E-state index contributed by atoms with van der Waals surface area (Å²) in [6, 6.07) is 7.46. The van der Waals surface area contributed by atoms with Gasteiger partial charge in [0.25, 0.3) is 5.91 Å². The van der Waals surface area contributed by atoms with Crippen LogP contribution in [0.15, 0.2) is 24.3 Å². The molecule has 2 atom stereocenters. The zero-order chi connectivity index (χ0) is 21.6. The van der Waals surface area contributed by atoms with Crippen LogP contribution >= 0.6 is 0 Å². The van der Waals surface area contributed by atoms with E-state index in [1.165, 1.54) is 19.3 Å². The summed E-state index contributed by atoms with van der Waals surface area (Å²) in [7, 11) is 0. The molecule has 2 aliphatic heterocycles. The number of rotatable bonds is 3. The van der Waals surface area contributed by atoms with Crippen LogP contribution in [0.1, 0.15) is 44.9 Å². The molecule has 2 saturated carbocycles. The molecule has 0 aromatic heterocycles. The van der Waals surface area contributed by atoms with Crippen molar-refractivity contribution in [2.45, 2.75) is 62.6 Å². The Labute approximate surface area is 180 Å². The van der Waals surface area contributed by atoms with Gasteiger partial charge < -0.3 is 20.9 Å². The highest BCUT2D eigenvalue weighted by molar-refractivity contribution is 6.40. The Bertz CT molecular complexity index is 940. The lowest BCUT2D eigenvalue weighted by molar-refractivity contribution is -0.136. The molecule has 5 amide bonds. The number of anilines is 2. The van der Waals surface area contributed by atoms with Crippen LogP contribution in [0.2, 0.25) is 0 Å². The molecule has 5 rings (SSSR count). The lowest BCUT2D eigenvalue weighted by atomic mass is 9.79. The lowest BCUT2D eigenvalue weighted by Gasteiger charge is -2.34. The summed E-state index contributed by atoms with van der Waals surface area (Å²) in [6.45, 7) is 0.998. The van der Waals surface area contributed by atoms with Crippen LogP contribution in [0.4, 0.5) is 16.2 Å². The van der Waals surface area contributed by atoms with Crippen molar-refractivity contribution in [3.63, 3.8) is 0 Å². The maximum absolute atomic E-state index is 12.6. The minimum Gasteiger partial charge on any atom is -0.367 e. The van der Waals surface area contributed by atoms with Crippen molar-refractivity contribution in [3.8, 4) is 0 Å². The van der Waals surface area contributed by atoms with Crippen molar-refractivity contribution in [2.24, 2.45) is 5.92 Å². The molecule has 2 heterocycles. The average Bonchev–Trinajstić information content (AvgIpc) is 3.45. The number of fused-ring (bicyclic) bond motifs is 2. The van der Waals surface area contributed by atoms with E-state index in [0.717, 1.165) is 18.2 Å². The number of nitrogens with one attached hydrogen (secondary N) is 4. The molecular weight excluding hydrogens is 398 g/mol. The molecule has 9 heteroatoms. The van der Waals surface area contributed by atoms with Crippen LogP contribution in [0.3, 0.4) is 0 Å². The highest BCUT2D eigenvalue weighted by atomic mass is 16.2. The van der Waals surface area contributed by atoms with Crippen LogP contribution < -0.4 is 26.2 Å². The maximum Gasteiger partial charge on any atom is 0.322 e. The molecule has 1 spiro atoms. The van der Waals surface area contributed by atoms with E-state index in [1.807, 2.05) is 24.3 Å². The monoisotopic (exact) mass is 425 g/mol. The Hall–Kier alpha value is -3.10. The fraction of sp³-hybridized carbons (Fsp3) is 0.545. The van der Waals surface area contributed by atoms with Gasteiger partial charge in [0.2, 0.25) is 0 Å². The SMILES string of the molecule is O=C1NC(=O)C2(CCC(NC(=O)C(=O)Nc3ccccc3N3CC4CCC3C4)CC2)N1. The normalized spacial score (nSPS) is 31.5. The van der Waals surface area contributed by atoms with Crippen LogP contribution in [-0.2, 0) is 14.4 Å². The maximum atomic E-state index is 12.6. The predicted octanol–water partition coefficient (Wildman–Crippen LogP) is 1.25. The van der Waals surface area contributed by atoms with Gasteiger partial charge in [-0.15, -0.1) is 0 Å². The van der Waals surface area contributed by atoms with Gasteiger partial charge >= 0.3 is 17.8 Å². The number of carbonyl (C=O) groups excluding carboxylic acids is 4. The van der Waals surface area contributed by atoms with E-state index in [9.17, 15) is 19.2 Å². The first kappa shape index (κ1) is 19.8. The van der Waals surface area contributed by atoms with Gasteiger partial charge in [0.05, 0.1) is 11.4 Å². The number of piperidine rings is 1. The van der Waals surface area contributed by atoms with Crippen molar-refractivity contribution in [2.75, 3.05) is 16.8 Å². The largest absolute Gasteiger partial charge is 0.367 e. The van der Waals surface area contributed by atoms with E-state index in [-0.39, 0.29) is 11.9 Å². The molecule has 4 N–H and O–H groups in total. The van der Waals surface area contributed by atoms with Gasteiger partial charge in [0.1, 0.15) is 5.54 Å². The average molecular weight is 425 g/mol. The van der Waals surface area contributed by atoms with Gasteiger partial charge in [-0.25, -0.2) is 4.79 Å². The highest BCUT2D eigenvalue weighted by Gasteiger charge is 2.48. The molecule has 1 aromatic rings. The molecule has 1 aromatic carbocycles. The fourth-order valence-corrected chi connectivity index (χ4v) is 5.61. The zero-order valence-electron chi connectivity index (χ0n) is 17.3. The van der Waals surface area contributed by atoms with E-state index in [1.54, 1.807) is 0 Å². The number of hydrogen-bond donors (Lipinski definition) is 4. The van der Waals surface area contributed by atoms with Gasteiger partial charge in [-0.3, -0.25) is 19.7 Å². The van der Waals surface area contributed by atoms with E-state index < -0.39 is 23.4 Å². The fourth-order valence-electron chi connectivity index (χ4n) is 5.61. The molecule has 2 bridgehead atoms. The standard InChI is InChI=1S/C22H27N5O4/c28-18(23-14-7-9-22(10-8-14)20(30)25-21(31)26-22)19(29)24-16-3-1-2-4-17(16)27-12-13-5-6-15(27)11-13/h1-4,13-15H,5-12H2,(H,23,28)(H,24,29)(H2,25,26,30,31). The summed E-state index contributed by atoms with van der Waals surface area (Å²) in [4.78, 5) is 50.9. The van der Waals surface area contributed by atoms with Crippen LogP contribution in [0.25, 0.3) is 0 Å². The number of imide groups is 1. The third kappa shape index (κ3) is 3.62. The summed E-state index contributed by atoms with van der Waals surface area (Å²) < 4.78 is 0. The smallest absolute Gasteiger partial charge is 0.322 e. The van der Waals surface area contributed by atoms with Crippen LogP contribution in [-0.4, -0.2) is 47.9 Å². The van der Waals surface area contributed by atoms with Gasteiger partial charge in [-0.1, -0.05) is 12.1 Å². The third-order valence-electron chi connectivity index (χ3n) is 7.27. The molecule has 4 aliphatic rings. The summed E-state index contributed by atoms with van der Waals surface area (Å²) in [6.07, 6.45) is 5.53. The predicted molar refractivity (Wildman–Crippen MR) is 113 cm³/mol. The number of carbonyl (C=O) groups is 4. The Morgan fingerprint density at radius 1 is 1.03 bits per heavy atom. The first-order valence-electron chi connectivity index (χ1n) is 11.0. The van der Waals surface area contributed by atoms with Crippen molar-refractivity contribution in [3.05, 3.63) is 24.3 Å². The number of para-hydroxylation sites is 2. The lowest BCUT2D eigenvalue weighted by Crippen LogP contribution is -2.53. The molecule has 2 saturated heterocycles. The Morgan fingerprint density at radius 3 is 2.45 bits per heavy atom. The number of benzene rings is 1. The van der Waals surface area contributed by atoms with E-state index >= 15 is 0 Å². The molecular formula is C22H27N5O4. The van der Waals surface area contributed by atoms with E-state index in [4.69, 9.17) is 0 Å². The number of amides is 5. The summed E-state index contributed by atoms with van der Waals surface area (Å²) in [5.74, 6) is -0.965. The van der Waals surface area contributed by atoms with Gasteiger partial charge in [-0.05, 0) is 63.0 Å². The molecule has 2 aliphatic carbocycles. The molecule has 2 unspecified atom stereocenters. The Kier molecular flexibility index (Phi) is 4.83. The highest BCUT2D eigenvalue weighted by Crippen LogP contribution is 2.42. The van der Waals surface area contributed by atoms with Crippen molar-refractivity contribution in [1.82, 2.24) is 16.0 Å². The Balaban J connectivity index is 1.18.